The first-order chi connectivity index (χ1) is 8.20. The number of esters is 1. The Bertz CT molecular complexity index is 391. The number of ether oxygens (including phenoxy) is 1. The van der Waals surface area contributed by atoms with Gasteiger partial charge in [0.1, 0.15) is 0 Å². The Balaban J connectivity index is 4.31. The van der Waals surface area contributed by atoms with Gasteiger partial charge in [-0.25, -0.2) is 13.1 Å². The molecule has 2 atom stereocenters. The van der Waals surface area contributed by atoms with E-state index in [-0.39, 0.29) is 6.42 Å². The van der Waals surface area contributed by atoms with Crippen LogP contribution in [0.4, 0.5) is 0 Å². The summed E-state index contributed by atoms with van der Waals surface area (Å²) < 4.78 is 30.1. The van der Waals surface area contributed by atoms with Crippen LogP contribution in [-0.4, -0.2) is 43.9 Å². The van der Waals surface area contributed by atoms with E-state index in [2.05, 4.69) is 9.46 Å². The second kappa shape index (κ2) is 7.32. The van der Waals surface area contributed by atoms with E-state index in [4.69, 9.17) is 5.11 Å². The third-order valence-corrected chi connectivity index (χ3v) is 4.25. The lowest BCUT2D eigenvalue weighted by atomic mass is 10.1. The van der Waals surface area contributed by atoms with Crippen molar-refractivity contribution < 1.29 is 27.9 Å². The Morgan fingerprint density at radius 2 is 1.89 bits per heavy atom. The minimum Gasteiger partial charge on any atom is -0.481 e. The van der Waals surface area contributed by atoms with Gasteiger partial charge in [-0.1, -0.05) is 0 Å². The van der Waals surface area contributed by atoms with Crippen LogP contribution in [-0.2, 0) is 24.3 Å². The number of rotatable bonds is 8. The number of hydrogen-bond donors (Lipinski definition) is 2. The Labute approximate surface area is 107 Å². The molecule has 0 rings (SSSR count). The first-order valence-electron chi connectivity index (χ1n) is 5.51. The number of carbonyl (C=O) groups is 2. The van der Waals surface area contributed by atoms with Gasteiger partial charge >= 0.3 is 11.9 Å². The molecule has 2 unspecified atom stereocenters. The highest BCUT2D eigenvalue weighted by Gasteiger charge is 2.29. The minimum atomic E-state index is -3.79. The molecule has 0 spiro atoms. The van der Waals surface area contributed by atoms with Crippen LogP contribution in [0.25, 0.3) is 0 Å². The van der Waals surface area contributed by atoms with Crippen molar-refractivity contribution in [2.45, 2.75) is 44.4 Å². The normalized spacial score (nSPS) is 14.8. The van der Waals surface area contributed by atoms with Gasteiger partial charge < -0.3 is 9.84 Å². The van der Waals surface area contributed by atoms with Crippen LogP contribution in [0.5, 0.6) is 0 Å². The fourth-order valence-electron chi connectivity index (χ4n) is 1.29. The second-order valence-corrected chi connectivity index (χ2v) is 6.05. The molecule has 0 aromatic rings. The molecule has 0 heterocycles. The van der Waals surface area contributed by atoms with Crippen LogP contribution in [0.15, 0.2) is 0 Å². The molecule has 0 aliphatic heterocycles. The van der Waals surface area contributed by atoms with Crippen LogP contribution in [0.3, 0.4) is 0 Å². The van der Waals surface area contributed by atoms with Gasteiger partial charge in [-0.15, -0.1) is 0 Å². The molecule has 0 saturated heterocycles. The smallest absolute Gasteiger partial charge is 0.325 e. The van der Waals surface area contributed by atoms with Crippen molar-refractivity contribution in [1.29, 1.82) is 0 Å². The van der Waals surface area contributed by atoms with Gasteiger partial charge in [-0.2, -0.15) is 0 Å². The molecule has 0 aliphatic carbocycles. The molecule has 106 valence electrons. The topological polar surface area (TPSA) is 110 Å². The number of methoxy groups -OCH3 is 1. The molecule has 0 saturated carbocycles. The summed E-state index contributed by atoms with van der Waals surface area (Å²) in [7, 11) is -2.68. The van der Waals surface area contributed by atoms with E-state index in [0.29, 0.717) is 12.8 Å². The third kappa shape index (κ3) is 5.97. The van der Waals surface area contributed by atoms with Crippen LogP contribution in [0.1, 0.15) is 33.1 Å². The van der Waals surface area contributed by atoms with Gasteiger partial charge in [-0.05, 0) is 26.7 Å². The maximum absolute atomic E-state index is 11.7. The molecule has 8 heteroatoms. The summed E-state index contributed by atoms with van der Waals surface area (Å²) in [6, 6.07) is -0.429. The molecule has 0 radical (unpaired) electrons. The van der Waals surface area contributed by atoms with Gasteiger partial charge in [0, 0.05) is 12.5 Å². The van der Waals surface area contributed by atoms with Gasteiger partial charge in [0.2, 0.25) is 10.0 Å². The predicted octanol–water partition coefficient (Wildman–Crippen LogP) is 0.111. The second-order valence-electron chi connectivity index (χ2n) is 4.02. The maximum Gasteiger partial charge on any atom is 0.325 e. The number of carbonyl (C=O) groups excluding carboxylic acids is 1. The Morgan fingerprint density at radius 1 is 1.33 bits per heavy atom. The number of carboxylic acids is 1. The predicted molar refractivity (Wildman–Crippen MR) is 64.5 cm³/mol. The molecule has 0 aromatic heterocycles. The number of nitrogens with one attached hydrogen (secondary N) is 1. The fraction of sp³-hybridized carbons (Fsp3) is 0.800. The van der Waals surface area contributed by atoms with Crippen molar-refractivity contribution in [2.24, 2.45) is 0 Å². The summed E-state index contributed by atoms with van der Waals surface area (Å²) >= 11 is 0. The highest BCUT2D eigenvalue weighted by molar-refractivity contribution is 7.90. The monoisotopic (exact) mass is 281 g/mol. The Kier molecular flexibility index (Phi) is 6.85. The van der Waals surface area contributed by atoms with Crippen molar-refractivity contribution >= 4 is 22.0 Å². The van der Waals surface area contributed by atoms with E-state index in [1.165, 1.54) is 6.92 Å². The standard InChI is InChI=1S/C10H19NO6S/c1-7(5-4-6-9(12)13)11-18(15,16)8(2)10(14)17-3/h7-8,11H,4-6H2,1-3H3,(H,12,13). The van der Waals surface area contributed by atoms with Crippen molar-refractivity contribution in [2.75, 3.05) is 7.11 Å². The van der Waals surface area contributed by atoms with Crippen molar-refractivity contribution in [3.05, 3.63) is 0 Å². The summed E-state index contributed by atoms with van der Waals surface area (Å²) in [6.07, 6.45) is 0.740. The number of carboxylic acid groups (broad SMARTS) is 1. The first-order valence-corrected chi connectivity index (χ1v) is 7.06. The third-order valence-electron chi connectivity index (χ3n) is 2.39. The van der Waals surface area contributed by atoms with E-state index in [1.54, 1.807) is 6.92 Å². The molecule has 18 heavy (non-hydrogen) atoms. The van der Waals surface area contributed by atoms with Crippen molar-refractivity contribution in [3.8, 4) is 0 Å². The summed E-state index contributed by atoms with van der Waals surface area (Å²) in [5.41, 5.74) is 0. The van der Waals surface area contributed by atoms with E-state index in [0.717, 1.165) is 7.11 Å². The summed E-state index contributed by atoms with van der Waals surface area (Å²) in [6.45, 7) is 2.85. The molecule has 0 aromatic carbocycles. The zero-order valence-corrected chi connectivity index (χ0v) is 11.5. The lowest BCUT2D eigenvalue weighted by molar-refractivity contribution is -0.140. The molecular weight excluding hydrogens is 262 g/mol. The molecular formula is C10H19NO6S. The summed E-state index contributed by atoms with van der Waals surface area (Å²) in [4.78, 5) is 21.4. The van der Waals surface area contributed by atoms with Crippen molar-refractivity contribution in [1.82, 2.24) is 4.72 Å². The van der Waals surface area contributed by atoms with E-state index >= 15 is 0 Å². The average molecular weight is 281 g/mol. The van der Waals surface area contributed by atoms with Gasteiger partial charge in [0.25, 0.3) is 0 Å². The molecule has 0 aliphatic rings. The quantitative estimate of drug-likeness (QED) is 0.611. The van der Waals surface area contributed by atoms with Crippen molar-refractivity contribution in [3.63, 3.8) is 0 Å². The average Bonchev–Trinajstić information content (AvgIpc) is 2.25. The highest BCUT2D eigenvalue weighted by atomic mass is 32.2. The Hall–Kier alpha value is -1.15. The first kappa shape index (κ1) is 16.9. The number of aliphatic carboxylic acids is 1. The zero-order valence-electron chi connectivity index (χ0n) is 10.7. The molecule has 0 fully saturated rings. The molecule has 0 bridgehead atoms. The summed E-state index contributed by atoms with van der Waals surface area (Å²) in [5, 5.41) is 7.16. The van der Waals surface area contributed by atoms with Gasteiger partial charge in [0.05, 0.1) is 7.11 Å². The number of sulfonamides is 1. The lowest BCUT2D eigenvalue weighted by Crippen LogP contribution is -2.42. The SMILES string of the molecule is COC(=O)C(C)S(=O)(=O)NC(C)CCCC(=O)O. The van der Waals surface area contributed by atoms with Crippen LogP contribution >= 0.6 is 0 Å². The molecule has 2 N–H and O–H groups in total. The molecule has 0 amide bonds. The van der Waals surface area contributed by atoms with Crippen LogP contribution < -0.4 is 4.72 Å². The Morgan fingerprint density at radius 3 is 2.33 bits per heavy atom. The van der Waals surface area contributed by atoms with E-state index < -0.39 is 33.3 Å². The van der Waals surface area contributed by atoms with Crippen LogP contribution in [0.2, 0.25) is 0 Å². The summed E-state index contributed by atoms with van der Waals surface area (Å²) in [5.74, 6) is -1.76. The van der Waals surface area contributed by atoms with E-state index in [1.807, 2.05) is 0 Å². The molecule has 7 nitrogen and oxygen atoms in total. The highest BCUT2D eigenvalue weighted by Crippen LogP contribution is 2.06. The largest absolute Gasteiger partial charge is 0.481 e. The maximum atomic E-state index is 11.7. The minimum absolute atomic E-state index is 0.0153. The zero-order chi connectivity index (χ0) is 14.3. The fourth-order valence-corrected chi connectivity index (χ4v) is 2.53. The van der Waals surface area contributed by atoms with Crippen LogP contribution in [0, 0.1) is 0 Å². The number of hydrogen-bond acceptors (Lipinski definition) is 5. The van der Waals surface area contributed by atoms with E-state index in [9.17, 15) is 18.0 Å². The van der Waals surface area contributed by atoms with Gasteiger partial charge in [-0.3, -0.25) is 9.59 Å². The lowest BCUT2D eigenvalue weighted by Gasteiger charge is -2.16. The van der Waals surface area contributed by atoms with Gasteiger partial charge in [0.15, 0.2) is 5.25 Å².